The summed E-state index contributed by atoms with van der Waals surface area (Å²) in [7, 11) is 0. The van der Waals surface area contributed by atoms with Crippen molar-refractivity contribution in [2.45, 2.75) is 26.3 Å². The van der Waals surface area contributed by atoms with E-state index in [-0.39, 0.29) is 5.82 Å². The molecular weight excluding hydrogens is 267 g/mol. The monoisotopic (exact) mass is 282 g/mol. The third-order valence-corrected chi connectivity index (χ3v) is 3.73. The Hall–Kier alpha value is -2.48. The average molecular weight is 282 g/mol. The van der Waals surface area contributed by atoms with Gasteiger partial charge in [-0.1, -0.05) is 6.92 Å². The van der Waals surface area contributed by atoms with Crippen molar-refractivity contribution in [3.8, 4) is 6.07 Å². The smallest absolute Gasteiger partial charge is 0.147 e. The van der Waals surface area contributed by atoms with E-state index in [1.165, 1.54) is 6.07 Å². The first-order valence-electron chi connectivity index (χ1n) is 6.99. The molecule has 1 aromatic heterocycles. The summed E-state index contributed by atoms with van der Waals surface area (Å²) >= 11 is 0. The summed E-state index contributed by atoms with van der Waals surface area (Å²) in [6.07, 6.45) is 3.48. The molecule has 1 aliphatic rings. The van der Waals surface area contributed by atoms with Crippen molar-refractivity contribution in [3.63, 3.8) is 0 Å². The summed E-state index contributed by atoms with van der Waals surface area (Å²) in [5.74, 6) is 0.457. The molecule has 1 aromatic carbocycles. The van der Waals surface area contributed by atoms with Gasteiger partial charge in [-0.05, 0) is 30.2 Å². The zero-order valence-electron chi connectivity index (χ0n) is 11.8. The number of nitriles is 1. The molecule has 0 atom stereocenters. The van der Waals surface area contributed by atoms with Gasteiger partial charge in [-0.25, -0.2) is 14.4 Å². The molecule has 0 spiro atoms. The first-order chi connectivity index (χ1) is 10.2. The third kappa shape index (κ3) is 2.57. The minimum Gasteiger partial charge on any atom is -0.363 e. The van der Waals surface area contributed by atoms with Crippen molar-refractivity contribution in [2.75, 3.05) is 11.4 Å². The Morgan fingerprint density at radius 1 is 1.43 bits per heavy atom. The van der Waals surface area contributed by atoms with Crippen LogP contribution < -0.4 is 4.90 Å². The number of fused-ring (bicyclic) bond motifs is 1. The zero-order valence-corrected chi connectivity index (χ0v) is 11.8. The number of benzene rings is 1. The highest BCUT2D eigenvalue weighted by Gasteiger charge is 2.20. The number of rotatable bonds is 2. The standard InChI is InChI=1S/C16H15FN4/c1-2-16-19-9-12-5-6-21(10-14(12)20-16)15-4-3-11(8-18)7-13(15)17/h3-4,7,9H,2,5-6,10H2,1H3. The maximum Gasteiger partial charge on any atom is 0.147 e. The Morgan fingerprint density at radius 2 is 2.29 bits per heavy atom. The van der Waals surface area contributed by atoms with Crippen LogP contribution in [0.3, 0.4) is 0 Å². The van der Waals surface area contributed by atoms with E-state index in [4.69, 9.17) is 5.26 Å². The van der Waals surface area contributed by atoms with Crippen molar-refractivity contribution in [1.82, 2.24) is 9.97 Å². The molecule has 2 aromatic rings. The lowest BCUT2D eigenvalue weighted by Gasteiger charge is -2.30. The molecule has 106 valence electrons. The second kappa shape index (κ2) is 5.49. The Labute approximate surface area is 122 Å². The van der Waals surface area contributed by atoms with Gasteiger partial charge in [0.25, 0.3) is 0 Å². The van der Waals surface area contributed by atoms with Gasteiger partial charge in [0, 0.05) is 19.2 Å². The van der Waals surface area contributed by atoms with Crippen LogP contribution >= 0.6 is 0 Å². The van der Waals surface area contributed by atoms with Crippen LogP contribution in [0.1, 0.15) is 29.6 Å². The van der Waals surface area contributed by atoms with Gasteiger partial charge in [0.1, 0.15) is 11.6 Å². The number of anilines is 1. The highest BCUT2D eigenvalue weighted by Crippen LogP contribution is 2.26. The maximum atomic E-state index is 14.1. The fourth-order valence-electron chi connectivity index (χ4n) is 2.55. The normalized spacial score (nSPS) is 13.7. The number of hydrogen-bond acceptors (Lipinski definition) is 4. The van der Waals surface area contributed by atoms with Crippen molar-refractivity contribution < 1.29 is 4.39 Å². The Bertz CT molecular complexity index is 721. The lowest BCUT2D eigenvalue weighted by atomic mass is 10.1. The second-order valence-corrected chi connectivity index (χ2v) is 5.06. The fraction of sp³-hybridized carbons (Fsp3) is 0.312. The van der Waals surface area contributed by atoms with Crippen LogP contribution in [0.2, 0.25) is 0 Å². The molecule has 0 aliphatic carbocycles. The molecule has 1 aliphatic heterocycles. The van der Waals surface area contributed by atoms with Crippen LogP contribution in [0.25, 0.3) is 0 Å². The molecule has 3 rings (SSSR count). The van der Waals surface area contributed by atoms with E-state index in [1.54, 1.807) is 12.1 Å². The summed E-state index contributed by atoms with van der Waals surface area (Å²) < 4.78 is 14.1. The highest BCUT2D eigenvalue weighted by molar-refractivity contribution is 5.52. The average Bonchev–Trinajstić information content (AvgIpc) is 2.53. The molecule has 2 heterocycles. The van der Waals surface area contributed by atoms with Crippen molar-refractivity contribution in [3.05, 3.63) is 52.9 Å². The number of halogens is 1. The number of nitrogens with zero attached hydrogens (tertiary/aromatic N) is 4. The minimum absolute atomic E-state index is 0.337. The van der Waals surface area contributed by atoms with Crippen molar-refractivity contribution in [2.24, 2.45) is 0 Å². The van der Waals surface area contributed by atoms with Gasteiger partial charge < -0.3 is 4.90 Å². The van der Waals surface area contributed by atoms with Crippen LogP contribution in [0.4, 0.5) is 10.1 Å². The van der Waals surface area contributed by atoms with E-state index in [2.05, 4.69) is 9.97 Å². The first kappa shape index (κ1) is 13.5. The Kier molecular flexibility index (Phi) is 3.53. The van der Waals surface area contributed by atoms with Crippen LogP contribution in [0.5, 0.6) is 0 Å². The van der Waals surface area contributed by atoms with Gasteiger partial charge in [-0.3, -0.25) is 0 Å². The number of hydrogen-bond donors (Lipinski definition) is 0. The lowest BCUT2D eigenvalue weighted by molar-refractivity contribution is 0.605. The molecule has 5 heteroatoms. The molecule has 21 heavy (non-hydrogen) atoms. The second-order valence-electron chi connectivity index (χ2n) is 5.06. The molecule has 0 bridgehead atoms. The van der Waals surface area contributed by atoms with E-state index >= 15 is 0 Å². The van der Waals surface area contributed by atoms with E-state index < -0.39 is 0 Å². The molecule has 4 nitrogen and oxygen atoms in total. The molecule has 0 saturated carbocycles. The Morgan fingerprint density at radius 3 is 3.00 bits per heavy atom. The summed E-state index contributed by atoms with van der Waals surface area (Å²) in [5, 5.41) is 8.80. The van der Waals surface area contributed by atoms with Crippen LogP contribution in [-0.2, 0) is 19.4 Å². The van der Waals surface area contributed by atoms with Crippen LogP contribution in [0.15, 0.2) is 24.4 Å². The molecule has 0 amide bonds. The van der Waals surface area contributed by atoms with Crippen LogP contribution in [-0.4, -0.2) is 16.5 Å². The van der Waals surface area contributed by atoms with E-state index in [0.29, 0.717) is 17.8 Å². The van der Waals surface area contributed by atoms with Gasteiger partial charge in [0.2, 0.25) is 0 Å². The van der Waals surface area contributed by atoms with Gasteiger partial charge in [0.15, 0.2) is 0 Å². The highest BCUT2D eigenvalue weighted by atomic mass is 19.1. The molecule has 0 unspecified atom stereocenters. The first-order valence-corrected chi connectivity index (χ1v) is 6.99. The zero-order chi connectivity index (χ0) is 14.8. The lowest BCUT2D eigenvalue weighted by Crippen LogP contribution is -2.32. The topological polar surface area (TPSA) is 52.8 Å². The van der Waals surface area contributed by atoms with E-state index in [0.717, 1.165) is 36.5 Å². The molecule has 0 fully saturated rings. The SMILES string of the molecule is CCc1ncc2c(n1)CN(c1ccc(C#N)cc1F)CC2. The predicted octanol–water partition coefficient (Wildman–Crippen LogP) is 2.61. The third-order valence-electron chi connectivity index (χ3n) is 3.73. The molecule has 0 radical (unpaired) electrons. The Balaban J connectivity index is 1.90. The minimum atomic E-state index is -0.359. The van der Waals surface area contributed by atoms with Gasteiger partial charge in [-0.2, -0.15) is 5.26 Å². The van der Waals surface area contributed by atoms with E-state index in [9.17, 15) is 4.39 Å². The van der Waals surface area contributed by atoms with Gasteiger partial charge in [-0.15, -0.1) is 0 Å². The largest absolute Gasteiger partial charge is 0.363 e. The molecule has 0 N–H and O–H groups in total. The van der Waals surface area contributed by atoms with Crippen LogP contribution in [0, 0.1) is 17.1 Å². The molecular formula is C16H15FN4. The van der Waals surface area contributed by atoms with Gasteiger partial charge >= 0.3 is 0 Å². The summed E-state index contributed by atoms with van der Waals surface area (Å²) in [5.41, 5.74) is 2.97. The maximum absolute atomic E-state index is 14.1. The fourth-order valence-corrected chi connectivity index (χ4v) is 2.55. The predicted molar refractivity (Wildman–Crippen MR) is 77.3 cm³/mol. The summed E-state index contributed by atoms with van der Waals surface area (Å²) in [4.78, 5) is 10.8. The summed E-state index contributed by atoms with van der Waals surface area (Å²) in [6, 6.07) is 6.54. The summed E-state index contributed by atoms with van der Waals surface area (Å²) in [6.45, 7) is 3.32. The number of aryl methyl sites for hydroxylation is 1. The molecule has 0 saturated heterocycles. The number of aromatic nitrogens is 2. The van der Waals surface area contributed by atoms with Crippen molar-refractivity contribution >= 4 is 5.69 Å². The van der Waals surface area contributed by atoms with E-state index in [1.807, 2.05) is 24.1 Å². The quantitative estimate of drug-likeness (QED) is 0.849. The van der Waals surface area contributed by atoms with Crippen molar-refractivity contribution in [1.29, 1.82) is 5.26 Å². The van der Waals surface area contributed by atoms with Gasteiger partial charge in [0.05, 0.1) is 29.6 Å².